The van der Waals surface area contributed by atoms with Gasteiger partial charge in [-0.25, -0.2) is 0 Å². The summed E-state index contributed by atoms with van der Waals surface area (Å²) < 4.78 is 7.51. The summed E-state index contributed by atoms with van der Waals surface area (Å²) in [6.07, 6.45) is 6.71. The average molecular weight is 352 g/mol. The lowest BCUT2D eigenvalue weighted by Gasteiger charge is -2.32. The maximum absolute atomic E-state index is 6.42. The number of ether oxygens (including phenoxy) is 1. The van der Waals surface area contributed by atoms with E-state index in [2.05, 4.69) is 53.3 Å². The van der Waals surface area contributed by atoms with Gasteiger partial charge >= 0.3 is 0 Å². The highest BCUT2D eigenvalue weighted by Crippen LogP contribution is 2.36. The highest BCUT2D eigenvalue weighted by Gasteiger charge is 2.27. The summed E-state index contributed by atoms with van der Waals surface area (Å²) in [4.78, 5) is 0. The monoisotopic (exact) mass is 351 g/mol. The first-order valence-corrected chi connectivity index (χ1v) is 9.08. The molecule has 0 aromatic heterocycles. The number of hydrogen-bond acceptors (Lipinski definition) is 2. The molecule has 0 radical (unpaired) electrons. The zero-order chi connectivity index (χ0) is 14.8. The molecule has 1 aromatic rings. The quantitative estimate of drug-likeness (QED) is 0.813. The molecule has 2 fully saturated rings. The van der Waals surface area contributed by atoms with Crippen molar-refractivity contribution < 1.29 is 4.74 Å². The van der Waals surface area contributed by atoms with Crippen molar-refractivity contribution in [1.29, 1.82) is 0 Å². The molecule has 1 aromatic carbocycles. The van der Waals surface area contributed by atoms with Gasteiger partial charge in [0, 0.05) is 18.2 Å². The van der Waals surface area contributed by atoms with Gasteiger partial charge in [0.2, 0.25) is 0 Å². The topological polar surface area (TPSA) is 21.3 Å². The van der Waals surface area contributed by atoms with Crippen molar-refractivity contribution in [3.05, 3.63) is 28.2 Å². The van der Waals surface area contributed by atoms with Gasteiger partial charge in [-0.15, -0.1) is 0 Å². The number of rotatable bonds is 5. The molecule has 0 saturated heterocycles. The second-order valence-electron chi connectivity index (χ2n) is 7.04. The van der Waals surface area contributed by atoms with E-state index < -0.39 is 0 Å². The van der Waals surface area contributed by atoms with Crippen LogP contribution in [0.25, 0.3) is 0 Å². The van der Waals surface area contributed by atoms with Crippen LogP contribution < -0.4 is 10.1 Å². The van der Waals surface area contributed by atoms with Gasteiger partial charge in [-0.2, -0.15) is 0 Å². The van der Waals surface area contributed by atoms with Crippen LogP contribution in [0, 0.1) is 11.8 Å². The maximum atomic E-state index is 6.42. The van der Waals surface area contributed by atoms with Gasteiger partial charge in [-0.3, -0.25) is 0 Å². The van der Waals surface area contributed by atoms with Crippen molar-refractivity contribution in [2.75, 3.05) is 0 Å². The molecule has 2 aliphatic carbocycles. The third-order valence-electron chi connectivity index (χ3n) is 4.63. The summed E-state index contributed by atoms with van der Waals surface area (Å²) in [5, 5.41) is 3.59. The van der Waals surface area contributed by atoms with E-state index in [0.717, 1.165) is 34.6 Å². The van der Waals surface area contributed by atoms with Crippen molar-refractivity contribution in [3.8, 4) is 5.75 Å². The highest BCUT2D eigenvalue weighted by atomic mass is 79.9. The van der Waals surface area contributed by atoms with E-state index >= 15 is 0 Å². The van der Waals surface area contributed by atoms with Crippen molar-refractivity contribution in [2.45, 2.75) is 64.6 Å². The first kappa shape index (κ1) is 15.4. The number of benzene rings is 1. The van der Waals surface area contributed by atoms with Crippen LogP contribution >= 0.6 is 15.9 Å². The van der Waals surface area contributed by atoms with E-state index in [9.17, 15) is 0 Å². The summed E-state index contributed by atoms with van der Waals surface area (Å²) in [6.45, 7) is 5.61. The Morgan fingerprint density at radius 3 is 2.52 bits per heavy atom. The summed E-state index contributed by atoms with van der Waals surface area (Å²) in [5.41, 5.74) is 1.28. The minimum atomic E-state index is 0.363. The predicted molar refractivity (Wildman–Crippen MR) is 90.6 cm³/mol. The van der Waals surface area contributed by atoms with Crippen molar-refractivity contribution in [2.24, 2.45) is 11.8 Å². The molecule has 2 nitrogen and oxygen atoms in total. The van der Waals surface area contributed by atoms with Crippen LogP contribution in [-0.2, 0) is 6.54 Å². The molecule has 1 N–H and O–H groups in total. The van der Waals surface area contributed by atoms with Crippen molar-refractivity contribution in [1.82, 2.24) is 5.32 Å². The average Bonchev–Trinajstić information content (AvgIpc) is 3.22. The lowest BCUT2D eigenvalue weighted by Crippen LogP contribution is -2.29. The van der Waals surface area contributed by atoms with Crippen molar-refractivity contribution >= 4 is 15.9 Å². The SMILES string of the molecule is CC1CC(C)CC(Oc2c(Br)cccc2CNC2CC2)C1. The van der Waals surface area contributed by atoms with E-state index in [4.69, 9.17) is 4.74 Å². The molecule has 0 aliphatic heterocycles. The van der Waals surface area contributed by atoms with Crippen LogP contribution in [0.1, 0.15) is 51.5 Å². The smallest absolute Gasteiger partial charge is 0.138 e. The third-order valence-corrected chi connectivity index (χ3v) is 5.25. The fourth-order valence-corrected chi connectivity index (χ4v) is 4.00. The van der Waals surface area contributed by atoms with Crippen LogP contribution in [0.2, 0.25) is 0 Å². The molecular weight excluding hydrogens is 326 g/mol. The molecule has 21 heavy (non-hydrogen) atoms. The molecule has 0 spiro atoms. The molecule has 3 rings (SSSR count). The first-order valence-electron chi connectivity index (χ1n) is 8.29. The number of para-hydroxylation sites is 1. The van der Waals surface area contributed by atoms with Crippen LogP contribution in [0.15, 0.2) is 22.7 Å². The van der Waals surface area contributed by atoms with Gasteiger partial charge in [0.25, 0.3) is 0 Å². The Labute approximate surface area is 136 Å². The Bertz CT molecular complexity index is 476. The molecule has 0 bridgehead atoms. The molecule has 2 saturated carbocycles. The van der Waals surface area contributed by atoms with Gasteiger partial charge in [-0.1, -0.05) is 26.0 Å². The Hall–Kier alpha value is -0.540. The second-order valence-corrected chi connectivity index (χ2v) is 7.89. The summed E-state index contributed by atoms with van der Waals surface area (Å²) in [7, 11) is 0. The number of halogens is 1. The zero-order valence-corrected chi connectivity index (χ0v) is 14.7. The summed E-state index contributed by atoms with van der Waals surface area (Å²) in [5.74, 6) is 2.60. The Morgan fingerprint density at radius 2 is 1.86 bits per heavy atom. The van der Waals surface area contributed by atoms with E-state index in [1.54, 1.807) is 0 Å². The predicted octanol–water partition coefficient (Wildman–Crippen LogP) is 4.90. The molecular formula is C18H26BrNO. The summed E-state index contributed by atoms with van der Waals surface area (Å²) in [6, 6.07) is 7.11. The highest BCUT2D eigenvalue weighted by molar-refractivity contribution is 9.10. The minimum absolute atomic E-state index is 0.363. The largest absolute Gasteiger partial charge is 0.489 e. The van der Waals surface area contributed by atoms with E-state index in [1.807, 2.05) is 0 Å². The van der Waals surface area contributed by atoms with Gasteiger partial charge in [-0.05, 0) is 65.9 Å². The number of nitrogens with one attached hydrogen (secondary N) is 1. The van der Waals surface area contributed by atoms with Gasteiger partial charge in [0.15, 0.2) is 0 Å². The lowest BCUT2D eigenvalue weighted by atomic mass is 9.82. The Morgan fingerprint density at radius 1 is 1.14 bits per heavy atom. The van der Waals surface area contributed by atoms with Crippen LogP contribution in [0.5, 0.6) is 5.75 Å². The van der Waals surface area contributed by atoms with Gasteiger partial charge < -0.3 is 10.1 Å². The van der Waals surface area contributed by atoms with Crippen LogP contribution in [-0.4, -0.2) is 12.1 Å². The van der Waals surface area contributed by atoms with E-state index in [0.29, 0.717) is 6.10 Å². The molecule has 0 heterocycles. The fourth-order valence-electron chi connectivity index (χ4n) is 3.50. The standard InChI is InChI=1S/C18H26BrNO/c1-12-8-13(2)10-16(9-12)21-18-14(4-3-5-17(18)19)11-20-15-6-7-15/h3-5,12-13,15-16,20H,6-11H2,1-2H3. The van der Waals surface area contributed by atoms with Gasteiger partial charge in [0.05, 0.1) is 10.6 Å². The molecule has 2 atom stereocenters. The zero-order valence-electron chi connectivity index (χ0n) is 13.1. The minimum Gasteiger partial charge on any atom is -0.489 e. The molecule has 2 aliphatic rings. The summed E-state index contributed by atoms with van der Waals surface area (Å²) >= 11 is 3.67. The lowest BCUT2D eigenvalue weighted by molar-refractivity contribution is 0.0992. The fraction of sp³-hybridized carbons (Fsp3) is 0.667. The van der Waals surface area contributed by atoms with E-state index in [1.165, 1.54) is 37.7 Å². The van der Waals surface area contributed by atoms with E-state index in [-0.39, 0.29) is 0 Å². The molecule has 3 heteroatoms. The second kappa shape index (κ2) is 6.70. The third kappa shape index (κ3) is 4.23. The molecule has 116 valence electrons. The molecule has 0 amide bonds. The Balaban J connectivity index is 1.70. The maximum Gasteiger partial charge on any atom is 0.138 e. The van der Waals surface area contributed by atoms with Crippen molar-refractivity contribution in [3.63, 3.8) is 0 Å². The molecule has 2 unspecified atom stereocenters. The number of hydrogen-bond donors (Lipinski definition) is 1. The normalized spacial score (nSPS) is 29.4. The van der Waals surface area contributed by atoms with Gasteiger partial charge in [0.1, 0.15) is 5.75 Å². The van der Waals surface area contributed by atoms with Crippen LogP contribution in [0.4, 0.5) is 0 Å². The Kier molecular flexibility index (Phi) is 4.90. The van der Waals surface area contributed by atoms with Crippen LogP contribution in [0.3, 0.4) is 0 Å². The first-order chi connectivity index (χ1) is 10.1.